The summed E-state index contributed by atoms with van der Waals surface area (Å²) in [5.41, 5.74) is 0.254. The molecule has 0 saturated heterocycles. The predicted molar refractivity (Wildman–Crippen MR) is 75.0 cm³/mol. The van der Waals surface area contributed by atoms with E-state index in [-0.39, 0.29) is 11.3 Å². The second-order valence-corrected chi connectivity index (χ2v) is 4.20. The first-order chi connectivity index (χ1) is 9.99. The van der Waals surface area contributed by atoms with Crippen molar-refractivity contribution in [2.45, 2.75) is 0 Å². The highest BCUT2D eigenvalue weighted by Gasteiger charge is 2.14. The number of anilines is 2. The number of nitrogens with zero attached hydrogens (tertiary/aromatic N) is 2. The first kappa shape index (κ1) is 14.4. The SMILES string of the molecule is CN(C(=O)Nc1ccc(C(=O)O)cc1F)c1cccnc1. The second kappa shape index (κ2) is 6.00. The molecule has 0 atom stereocenters. The van der Waals surface area contributed by atoms with Crippen molar-refractivity contribution >= 4 is 23.4 Å². The van der Waals surface area contributed by atoms with E-state index >= 15 is 0 Å². The fraction of sp³-hybridized carbons (Fsp3) is 0.0714. The van der Waals surface area contributed by atoms with Gasteiger partial charge in [0.1, 0.15) is 5.82 Å². The van der Waals surface area contributed by atoms with Gasteiger partial charge in [-0.2, -0.15) is 0 Å². The summed E-state index contributed by atoms with van der Waals surface area (Å²) in [4.78, 5) is 27.8. The molecule has 2 N–H and O–H groups in total. The maximum Gasteiger partial charge on any atom is 0.335 e. The van der Waals surface area contributed by atoms with Crippen LogP contribution < -0.4 is 10.2 Å². The first-order valence-electron chi connectivity index (χ1n) is 5.96. The molecule has 0 spiro atoms. The Kier molecular flexibility index (Phi) is 4.13. The van der Waals surface area contributed by atoms with Gasteiger partial charge in [-0.25, -0.2) is 14.0 Å². The predicted octanol–water partition coefficient (Wildman–Crippen LogP) is 2.59. The molecule has 6 nitrogen and oxygen atoms in total. The van der Waals surface area contributed by atoms with Crippen molar-refractivity contribution in [3.8, 4) is 0 Å². The zero-order valence-corrected chi connectivity index (χ0v) is 11.1. The van der Waals surface area contributed by atoms with Crippen molar-refractivity contribution in [1.82, 2.24) is 4.98 Å². The molecule has 0 aliphatic heterocycles. The third-order valence-corrected chi connectivity index (χ3v) is 2.80. The number of carbonyl (C=O) groups excluding carboxylic acids is 1. The third kappa shape index (κ3) is 3.33. The molecule has 1 aromatic carbocycles. The number of aromatic carboxylic acids is 1. The zero-order valence-electron chi connectivity index (χ0n) is 11.1. The summed E-state index contributed by atoms with van der Waals surface area (Å²) in [6.45, 7) is 0. The minimum Gasteiger partial charge on any atom is -0.478 e. The average Bonchev–Trinajstić information content (AvgIpc) is 2.49. The van der Waals surface area contributed by atoms with Crippen LogP contribution in [0.5, 0.6) is 0 Å². The van der Waals surface area contributed by atoms with Crippen molar-refractivity contribution in [2.75, 3.05) is 17.3 Å². The van der Waals surface area contributed by atoms with Gasteiger partial charge in [0.15, 0.2) is 0 Å². The van der Waals surface area contributed by atoms with Gasteiger partial charge in [-0.15, -0.1) is 0 Å². The largest absolute Gasteiger partial charge is 0.478 e. The van der Waals surface area contributed by atoms with E-state index in [2.05, 4.69) is 10.3 Å². The van der Waals surface area contributed by atoms with E-state index in [9.17, 15) is 14.0 Å². The Morgan fingerprint density at radius 1 is 1.33 bits per heavy atom. The highest BCUT2D eigenvalue weighted by molar-refractivity contribution is 6.01. The summed E-state index contributed by atoms with van der Waals surface area (Å²) in [7, 11) is 1.51. The van der Waals surface area contributed by atoms with Gasteiger partial charge in [0, 0.05) is 13.2 Å². The number of pyridine rings is 1. The molecule has 0 radical (unpaired) electrons. The van der Waals surface area contributed by atoms with Gasteiger partial charge in [-0.3, -0.25) is 9.88 Å². The van der Waals surface area contributed by atoms with Crippen LogP contribution in [0.1, 0.15) is 10.4 Å². The fourth-order valence-corrected chi connectivity index (χ4v) is 1.62. The van der Waals surface area contributed by atoms with E-state index in [4.69, 9.17) is 5.11 Å². The molecular weight excluding hydrogens is 277 g/mol. The quantitative estimate of drug-likeness (QED) is 0.909. The lowest BCUT2D eigenvalue weighted by Gasteiger charge is -2.17. The Balaban J connectivity index is 2.15. The third-order valence-electron chi connectivity index (χ3n) is 2.80. The molecule has 1 aromatic heterocycles. The smallest absolute Gasteiger partial charge is 0.335 e. The van der Waals surface area contributed by atoms with Gasteiger partial charge in [-0.05, 0) is 30.3 Å². The number of halogens is 1. The molecule has 0 fully saturated rings. The normalized spacial score (nSPS) is 10.0. The van der Waals surface area contributed by atoms with Crippen LogP contribution in [0.4, 0.5) is 20.6 Å². The van der Waals surface area contributed by atoms with Crippen molar-refractivity contribution < 1.29 is 19.1 Å². The molecule has 1 heterocycles. The van der Waals surface area contributed by atoms with E-state index in [1.54, 1.807) is 18.3 Å². The highest BCUT2D eigenvalue weighted by atomic mass is 19.1. The first-order valence-corrected chi connectivity index (χ1v) is 5.96. The Labute approximate surface area is 119 Å². The molecule has 7 heteroatoms. The Morgan fingerprint density at radius 3 is 2.67 bits per heavy atom. The number of urea groups is 1. The van der Waals surface area contributed by atoms with Gasteiger partial charge < -0.3 is 10.4 Å². The van der Waals surface area contributed by atoms with Crippen LogP contribution in [-0.2, 0) is 0 Å². The molecule has 0 saturated carbocycles. The van der Waals surface area contributed by atoms with Crippen LogP contribution in [0, 0.1) is 5.82 Å². The lowest BCUT2D eigenvalue weighted by atomic mass is 10.2. The molecule has 2 amide bonds. The van der Waals surface area contributed by atoms with E-state index < -0.39 is 17.8 Å². The molecule has 21 heavy (non-hydrogen) atoms. The number of amides is 2. The summed E-state index contributed by atoms with van der Waals surface area (Å²) in [6, 6.07) is 6.04. The number of aromatic nitrogens is 1. The van der Waals surface area contributed by atoms with Crippen molar-refractivity contribution in [3.05, 3.63) is 54.1 Å². The van der Waals surface area contributed by atoms with E-state index in [0.29, 0.717) is 5.69 Å². The summed E-state index contributed by atoms with van der Waals surface area (Å²) >= 11 is 0. The summed E-state index contributed by atoms with van der Waals surface area (Å²) in [5, 5.41) is 11.1. The number of rotatable bonds is 3. The van der Waals surface area contributed by atoms with Gasteiger partial charge in [0.2, 0.25) is 0 Å². The van der Waals surface area contributed by atoms with Gasteiger partial charge in [-0.1, -0.05) is 0 Å². The van der Waals surface area contributed by atoms with Gasteiger partial charge >= 0.3 is 12.0 Å². The molecule has 0 aliphatic carbocycles. The minimum atomic E-state index is -1.24. The van der Waals surface area contributed by atoms with Crippen molar-refractivity contribution in [2.24, 2.45) is 0 Å². The van der Waals surface area contributed by atoms with E-state index in [1.165, 1.54) is 30.3 Å². The monoisotopic (exact) mass is 289 g/mol. The van der Waals surface area contributed by atoms with Crippen molar-refractivity contribution in [1.29, 1.82) is 0 Å². The van der Waals surface area contributed by atoms with Gasteiger partial charge in [0.25, 0.3) is 0 Å². The Hall–Kier alpha value is -2.96. The topological polar surface area (TPSA) is 82.5 Å². The Morgan fingerprint density at radius 2 is 2.10 bits per heavy atom. The molecule has 0 bridgehead atoms. The fourth-order valence-electron chi connectivity index (χ4n) is 1.62. The molecule has 2 aromatic rings. The average molecular weight is 289 g/mol. The van der Waals surface area contributed by atoms with Crippen LogP contribution in [0.25, 0.3) is 0 Å². The lowest BCUT2D eigenvalue weighted by Crippen LogP contribution is -2.31. The lowest BCUT2D eigenvalue weighted by molar-refractivity contribution is 0.0696. The molecule has 0 unspecified atom stereocenters. The maximum absolute atomic E-state index is 13.7. The van der Waals surface area contributed by atoms with Crippen LogP contribution in [0.15, 0.2) is 42.7 Å². The molecule has 2 rings (SSSR count). The zero-order chi connectivity index (χ0) is 15.4. The van der Waals surface area contributed by atoms with Gasteiger partial charge in [0.05, 0.1) is 23.1 Å². The maximum atomic E-state index is 13.7. The molecule has 0 aliphatic rings. The van der Waals surface area contributed by atoms with Crippen LogP contribution in [-0.4, -0.2) is 29.1 Å². The number of nitrogens with one attached hydrogen (secondary N) is 1. The van der Waals surface area contributed by atoms with E-state index in [1.807, 2.05) is 0 Å². The second-order valence-electron chi connectivity index (χ2n) is 4.20. The van der Waals surface area contributed by atoms with Crippen LogP contribution in [0.3, 0.4) is 0 Å². The molecular formula is C14H12FN3O3. The summed E-state index contributed by atoms with van der Waals surface area (Å²) in [5.74, 6) is -2.05. The number of carboxylic acids is 1. The number of benzene rings is 1. The van der Waals surface area contributed by atoms with Crippen LogP contribution >= 0.6 is 0 Å². The molecule has 108 valence electrons. The Bertz CT molecular complexity index is 676. The minimum absolute atomic E-state index is 0.0965. The standard InChI is InChI=1S/C14H12FN3O3/c1-18(10-3-2-6-16-8-10)14(21)17-12-5-4-9(13(19)20)7-11(12)15/h2-8H,1H3,(H,17,21)(H,19,20). The van der Waals surface area contributed by atoms with E-state index in [0.717, 1.165) is 6.07 Å². The summed E-state index contributed by atoms with van der Waals surface area (Å²) in [6.07, 6.45) is 3.06. The number of carboxylic acid groups (broad SMARTS) is 1. The summed E-state index contributed by atoms with van der Waals surface area (Å²) < 4.78 is 13.7. The number of hydrogen-bond acceptors (Lipinski definition) is 3. The number of hydrogen-bond donors (Lipinski definition) is 2. The highest BCUT2D eigenvalue weighted by Crippen LogP contribution is 2.18. The number of carbonyl (C=O) groups is 2. The van der Waals surface area contributed by atoms with Crippen LogP contribution in [0.2, 0.25) is 0 Å². The van der Waals surface area contributed by atoms with Crippen molar-refractivity contribution in [3.63, 3.8) is 0 Å².